The summed E-state index contributed by atoms with van der Waals surface area (Å²) in [7, 11) is -7.50. The van der Waals surface area contributed by atoms with Crippen LogP contribution < -0.4 is 5.32 Å². The first-order chi connectivity index (χ1) is 6.81. The van der Waals surface area contributed by atoms with E-state index in [0.717, 1.165) is 0 Å². The van der Waals surface area contributed by atoms with Crippen molar-refractivity contribution in [2.45, 2.75) is 18.2 Å². The summed E-state index contributed by atoms with van der Waals surface area (Å²) in [5.74, 6) is -0.381. The lowest BCUT2D eigenvalue weighted by atomic mass is 10.4. The Balaban J connectivity index is 2.27. The van der Waals surface area contributed by atoms with Crippen molar-refractivity contribution in [1.82, 2.24) is 5.32 Å². The smallest absolute Gasteiger partial charge is 0.283 e. The lowest BCUT2D eigenvalue weighted by molar-refractivity contribution is 0.354. The fourth-order valence-electron chi connectivity index (χ4n) is 1.22. The van der Waals surface area contributed by atoms with Crippen molar-refractivity contribution in [2.75, 3.05) is 18.9 Å². The first-order valence-corrected chi connectivity index (χ1v) is 7.46. The summed E-state index contributed by atoms with van der Waals surface area (Å²) in [6.07, 6.45) is 0.513. The van der Waals surface area contributed by atoms with Gasteiger partial charge in [0, 0.05) is 6.42 Å². The molecule has 0 aromatic carbocycles. The van der Waals surface area contributed by atoms with Gasteiger partial charge in [0.05, 0.1) is 12.4 Å². The van der Waals surface area contributed by atoms with Gasteiger partial charge in [0.2, 0.25) is 0 Å². The number of rotatable bonds is 5. The average molecular weight is 259 g/mol. The number of hydrogen-bond acceptors (Lipinski definition) is 6. The average Bonchev–Trinajstić information content (AvgIpc) is 2.37. The molecule has 15 heavy (non-hydrogen) atoms. The molecule has 0 amide bonds. The maximum Gasteiger partial charge on any atom is 0.283 e. The Morgan fingerprint density at radius 3 is 2.60 bits per heavy atom. The Kier molecular flexibility index (Phi) is 4.06. The SMILES string of the molecule is O=S(=O)(O)CCCNC1CCOS1(=O)=O. The zero-order valence-electron chi connectivity index (χ0n) is 7.92. The highest BCUT2D eigenvalue weighted by Crippen LogP contribution is 2.14. The summed E-state index contributed by atoms with van der Waals surface area (Å²) in [4.78, 5) is 0. The summed E-state index contributed by atoms with van der Waals surface area (Å²) in [6.45, 7) is 0.353. The molecule has 0 aliphatic carbocycles. The largest absolute Gasteiger partial charge is 0.299 e. The highest BCUT2D eigenvalue weighted by molar-refractivity contribution is 7.87. The molecule has 7 nitrogen and oxygen atoms in total. The molecule has 1 saturated heterocycles. The molecule has 1 atom stereocenters. The van der Waals surface area contributed by atoms with Crippen molar-refractivity contribution >= 4 is 20.2 Å². The van der Waals surface area contributed by atoms with Crippen molar-refractivity contribution in [3.8, 4) is 0 Å². The first kappa shape index (κ1) is 12.8. The minimum atomic E-state index is -3.97. The van der Waals surface area contributed by atoms with Crippen molar-refractivity contribution in [2.24, 2.45) is 0 Å². The molecule has 0 radical (unpaired) electrons. The van der Waals surface area contributed by atoms with Gasteiger partial charge in [-0.05, 0) is 13.0 Å². The van der Waals surface area contributed by atoms with Gasteiger partial charge in [0.25, 0.3) is 20.2 Å². The Labute approximate surface area is 88.7 Å². The highest BCUT2D eigenvalue weighted by Gasteiger charge is 2.31. The van der Waals surface area contributed by atoms with E-state index in [1.54, 1.807) is 0 Å². The minimum Gasteiger partial charge on any atom is -0.299 e. The molecule has 1 unspecified atom stereocenters. The van der Waals surface area contributed by atoms with Crippen LogP contribution in [0.5, 0.6) is 0 Å². The first-order valence-electron chi connectivity index (χ1n) is 4.38. The van der Waals surface area contributed by atoms with Gasteiger partial charge in [0.1, 0.15) is 5.37 Å². The van der Waals surface area contributed by atoms with E-state index < -0.39 is 25.6 Å². The Morgan fingerprint density at radius 2 is 2.13 bits per heavy atom. The molecule has 90 valence electrons. The third-order valence-electron chi connectivity index (χ3n) is 1.93. The summed E-state index contributed by atoms with van der Waals surface area (Å²) < 4.78 is 55.8. The molecule has 0 aromatic heterocycles. The van der Waals surface area contributed by atoms with Crippen LogP contribution in [-0.2, 0) is 24.4 Å². The molecule has 1 fully saturated rings. The summed E-state index contributed by atoms with van der Waals surface area (Å²) in [5.41, 5.74) is 0. The molecule has 0 spiro atoms. The highest BCUT2D eigenvalue weighted by atomic mass is 32.2. The quantitative estimate of drug-likeness (QED) is 0.367. The summed E-state index contributed by atoms with van der Waals surface area (Å²) in [5, 5.41) is 1.89. The topological polar surface area (TPSA) is 110 Å². The molecular weight excluding hydrogens is 246 g/mol. The van der Waals surface area contributed by atoms with Gasteiger partial charge in [-0.1, -0.05) is 0 Å². The molecule has 0 saturated carbocycles. The third kappa shape index (κ3) is 4.43. The molecule has 1 heterocycles. The van der Waals surface area contributed by atoms with E-state index >= 15 is 0 Å². The second kappa shape index (κ2) is 4.74. The maximum absolute atomic E-state index is 11.1. The van der Waals surface area contributed by atoms with Crippen molar-refractivity contribution < 1.29 is 25.6 Å². The standard InChI is InChI=1S/C6H13NO6S2/c8-14(9,10)5-1-3-7-6-2-4-13-15(6,11)12/h6-7H,1-5H2,(H,8,9,10). The van der Waals surface area contributed by atoms with Gasteiger partial charge >= 0.3 is 0 Å². The monoisotopic (exact) mass is 259 g/mol. The number of hydrogen-bond donors (Lipinski definition) is 2. The normalized spacial score (nSPS) is 25.5. The van der Waals surface area contributed by atoms with E-state index in [-0.39, 0.29) is 25.3 Å². The van der Waals surface area contributed by atoms with E-state index in [9.17, 15) is 16.8 Å². The second-order valence-electron chi connectivity index (χ2n) is 3.19. The molecule has 1 aliphatic rings. The van der Waals surface area contributed by atoms with Gasteiger partial charge in [-0.15, -0.1) is 0 Å². The summed E-state index contributed by atoms with van der Waals surface area (Å²) in [6, 6.07) is 0. The maximum atomic E-state index is 11.1. The zero-order chi connectivity index (χ0) is 11.5. The van der Waals surface area contributed by atoms with Crippen molar-refractivity contribution in [3.63, 3.8) is 0 Å². The third-order valence-corrected chi connectivity index (χ3v) is 4.33. The molecular formula is C6H13NO6S2. The van der Waals surface area contributed by atoms with Crippen molar-refractivity contribution in [3.05, 3.63) is 0 Å². The van der Waals surface area contributed by atoms with Crippen LogP contribution in [0.4, 0.5) is 0 Å². The van der Waals surface area contributed by atoms with Crippen LogP contribution in [-0.4, -0.2) is 45.7 Å². The molecule has 2 N–H and O–H groups in total. The van der Waals surface area contributed by atoms with Crippen LogP contribution in [0.25, 0.3) is 0 Å². The van der Waals surface area contributed by atoms with E-state index in [1.807, 2.05) is 0 Å². The Morgan fingerprint density at radius 1 is 1.47 bits per heavy atom. The van der Waals surface area contributed by atoms with E-state index in [0.29, 0.717) is 6.42 Å². The lowest BCUT2D eigenvalue weighted by Gasteiger charge is -2.08. The molecule has 1 rings (SSSR count). The van der Waals surface area contributed by atoms with Gasteiger partial charge in [0.15, 0.2) is 0 Å². The van der Waals surface area contributed by atoms with E-state index in [2.05, 4.69) is 9.50 Å². The molecule has 0 bridgehead atoms. The fraction of sp³-hybridized carbons (Fsp3) is 1.00. The van der Waals surface area contributed by atoms with Gasteiger partial charge in [-0.2, -0.15) is 16.8 Å². The van der Waals surface area contributed by atoms with Gasteiger partial charge in [-0.25, -0.2) is 0 Å². The van der Waals surface area contributed by atoms with Gasteiger partial charge in [-0.3, -0.25) is 14.1 Å². The Hall–Kier alpha value is -0.220. The predicted octanol–water partition coefficient (Wildman–Crippen LogP) is -1.07. The van der Waals surface area contributed by atoms with Crippen LogP contribution in [0.2, 0.25) is 0 Å². The molecule has 9 heteroatoms. The second-order valence-corrected chi connectivity index (χ2v) is 6.55. The van der Waals surface area contributed by atoms with Gasteiger partial charge < -0.3 is 0 Å². The van der Waals surface area contributed by atoms with Crippen LogP contribution in [0.3, 0.4) is 0 Å². The Bertz CT molecular complexity index is 399. The minimum absolute atomic E-state index is 0.151. The van der Waals surface area contributed by atoms with E-state index in [4.69, 9.17) is 4.55 Å². The van der Waals surface area contributed by atoms with Crippen LogP contribution in [0, 0.1) is 0 Å². The predicted molar refractivity (Wildman–Crippen MR) is 52.3 cm³/mol. The summed E-state index contributed by atoms with van der Waals surface area (Å²) >= 11 is 0. The molecule has 1 aliphatic heterocycles. The van der Waals surface area contributed by atoms with Crippen LogP contribution in [0.15, 0.2) is 0 Å². The molecule has 0 aromatic rings. The van der Waals surface area contributed by atoms with Crippen LogP contribution in [0.1, 0.15) is 12.8 Å². The fourth-order valence-corrected chi connectivity index (χ4v) is 2.93. The lowest BCUT2D eigenvalue weighted by Crippen LogP contribution is -2.34. The van der Waals surface area contributed by atoms with E-state index in [1.165, 1.54) is 0 Å². The van der Waals surface area contributed by atoms with Crippen LogP contribution >= 0.6 is 0 Å². The zero-order valence-corrected chi connectivity index (χ0v) is 9.55. The number of nitrogens with one attached hydrogen (secondary N) is 1. The van der Waals surface area contributed by atoms with Crippen molar-refractivity contribution in [1.29, 1.82) is 0 Å².